The van der Waals surface area contributed by atoms with Crippen LogP contribution in [0.2, 0.25) is 5.02 Å². The van der Waals surface area contributed by atoms with E-state index in [9.17, 15) is 0 Å². The van der Waals surface area contributed by atoms with Crippen molar-refractivity contribution in [3.8, 4) is 0 Å². The fraction of sp³-hybridized carbons (Fsp3) is 0. The van der Waals surface area contributed by atoms with Gasteiger partial charge in [-0.3, -0.25) is 0 Å². The summed E-state index contributed by atoms with van der Waals surface area (Å²) in [4.78, 5) is 0.380. The molecule has 0 heterocycles. The molecule has 0 saturated heterocycles. The van der Waals surface area contributed by atoms with Gasteiger partial charge in [-0.05, 0) is 23.8 Å². The van der Waals surface area contributed by atoms with E-state index in [-0.39, 0.29) is 0 Å². The zero-order valence-corrected chi connectivity index (χ0v) is 7.90. The zero-order valence-electron chi connectivity index (χ0n) is 6.33. The van der Waals surface area contributed by atoms with Gasteiger partial charge in [0.05, 0.1) is 4.99 Å². The van der Waals surface area contributed by atoms with Crippen LogP contribution >= 0.6 is 23.8 Å². The van der Waals surface area contributed by atoms with Gasteiger partial charge in [-0.1, -0.05) is 42.0 Å². The standard InChI is InChI=1S/C9H8ClNS/c10-8-4-1-7(2-5-8)3-6-9(11)12/h1-6H,(H2,11,12)/b6-3+. The van der Waals surface area contributed by atoms with E-state index in [4.69, 9.17) is 17.3 Å². The Morgan fingerprint density at radius 3 is 2.42 bits per heavy atom. The molecule has 0 aliphatic rings. The summed E-state index contributed by atoms with van der Waals surface area (Å²) in [6, 6.07) is 7.44. The molecule has 12 heavy (non-hydrogen) atoms. The Labute approximate surface area is 81.8 Å². The van der Waals surface area contributed by atoms with Crippen molar-refractivity contribution in [2.45, 2.75) is 0 Å². The number of benzene rings is 1. The van der Waals surface area contributed by atoms with E-state index >= 15 is 0 Å². The topological polar surface area (TPSA) is 26.0 Å². The fourth-order valence-electron chi connectivity index (χ4n) is 0.752. The number of hydrogen-bond acceptors (Lipinski definition) is 1. The Kier molecular flexibility index (Phi) is 3.26. The van der Waals surface area contributed by atoms with Crippen molar-refractivity contribution in [3.63, 3.8) is 0 Å². The summed E-state index contributed by atoms with van der Waals surface area (Å²) < 4.78 is 0. The van der Waals surface area contributed by atoms with Gasteiger partial charge < -0.3 is 5.73 Å². The Morgan fingerprint density at radius 2 is 1.92 bits per heavy atom. The van der Waals surface area contributed by atoms with Crippen molar-refractivity contribution in [1.82, 2.24) is 0 Å². The molecule has 1 nitrogen and oxygen atoms in total. The first-order chi connectivity index (χ1) is 5.68. The third kappa shape index (κ3) is 3.03. The summed E-state index contributed by atoms with van der Waals surface area (Å²) in [6.45, 7) is 0. The van der Waals surface area contributed by atoms with E-state index in [1.807, 2.05) is 30.3 Å². The number of rotatable bonds is 2. The van der Waals surface area contributed by atoms with Crippen molar-refractivity contribution in [3.05, 3.63) is 40.9 Å². The van der Waals surface area contributed by atoms with Crippen LogP contribution < -0.4 is 5.73 Å². The second kappa shape index (κ2) is 4.24. The van der Waals surface area contributed by atoms with Gasteiger partial charge in [-0.25, -0.2) is 0 Å². The smallest absolute Gasteiger partial charge is 0.0962 e. The fourth-order valence-corrected chi connectivity index (χ4v) is 0.946. The van der Waals surface area contributed by atoms with Gasteiger partial charge in [0, 0.05) is 5.02 Å². The molecule has 1 rings (SSSR count). The maximum atomic E-state index is 5.70. The van der Waals surface area contributed by atoms with Gasteiger partial charge >= 0.3 is 0 Å². The van der Waals surface area contributed by atoms with Gasteiger partial charge in [0.2, 0.25) is 0 Å². The molecule has 3 heteroatoms. The molecule has 62 valence electrons. The summed E-state index contributed by atoms with van der Waals surface area (Å²) in [7, 11) is 0. The molecule has 0 bridgehead atoms. The SMILES string of the molecule is NC(=S)/C=C/c1ccc(Cl)cc1. The van der Waals surface area contributed by atoms with Crippen molar-refractivity contribution in [2.24, 2.45) is 5.73 Å². The van der Waals surface area contributed by atoms with E-state index in [0.29, 0.717) is 4.99 Å². The molecule has 0 atom stereocenters. The summed E-state index contributed by atoms with van der Waals surface area (Å²) in [6.07, 6.45) is 3.53. The normalized spacial score (nSPS) is 10.4. The average Bonchev–Trinajstić information content (AvgIpc) is 2.03. The second-order valence-electron chi connectivity index (χ2n) is 2.29. The monoisotopic (exact) mass is 197 g/mol. The highest BCUT2D eigenvalue weighted by Gasteiger charge is 1.87. The Bertz CT molecular complexity index is 303. The molecule has 0 aliphatic carbocycles. The van der Waals surface area contributed by atoms with Crippen LogP contribution in [-0.2, 0) is 0 Å². The molecule has 0 saturated carbocycles. The predicted octanol–water partition coefficient (Wildman–Crippen LogP) is 2.64. The summed E-state index contributed by atoms with van der Waals surface area (Å²) in [5.41, 5.74) is 6.32. The van der Waals surface area contributed by atoms with Gasteiger partial charge in [-0.15, -0.1) is 0 Å². The van der Waals surface area contributed by atoms with Crippen molar-refractivity contribution in [2.75, 3.05) is 0 Å². The third-order valence-electron chi connectivity index (χ3n) is 1.31. The molecule has 0 spiro atoms. The molecular weight excluding hydrogens is 190 g/mol. The molecule has 2 N–H and O–H groups in total. The van der Waals surface area contributed by atoms with Crippen LogP contribution in [0.4, 0.5) is 0 Å². The molecule has 0 radical (unpaired) electrons. The molecule has 1 aromatic rings. The Morgan fingerprint density at radius 1 is 1.33 bits per heavy atom. The first-order valence-electron chi connectivity index (χ1n) is 3.41. The van der Waals surface area contributed by atoms with Crippen LogP contribution in [0, 0.1) is 0 Å². The van der Waals surface area contributed by atoms with E-state index in [2.05, 4.69) is 12.2 Å². The van der Waals surface area contributed by atoms with Gasteiger partial charge in [0.25, 0.3) is 0 Å². The lowest BCUT2D eigenvalue weighted by molar-refractivity contribution is 1.66. The quantitative estimate of drug-likeness (QED) is 0.583. The number of thiocarbonyl (C=S) groups is 1. The maximum absolute atomic E-state index is 5.70. The Balaban J connectivity index is 2.77. The molecule has 0 unspecified atom stereocenters. The molecular formula is C9H8ClNS. The van der Waals surface area contributed by atoms with Crippen molar-refractivity contribution >= 4 is 34.9 Å². The highest BCUT2D eigenvalue weighted by Crippen LogP contribution is 2.10. The average molecular weight is 198 g/mol. The Hall–Kier alpha value is -0.860. The highest BCUT2D eigenvalue weighted by atomic mass is 35.5. The minimum absolute atomic E-state index is 0.380. The molecule has 0 amide bonds. The molecule has 0 fully saturated rings. The predicted molar refractivity (Wildman–Crippen MR) is 57.3 cm³/mol. The van der Waals surface area contributed by atoms with Crippen LogP contribution in [0.1, 0.15) is 5.56 Å². The second-order valence-corrected chi connectivity index (χ2v) is 3.20. The van der Waals surface area contributed by atoms with Crippen LogP contribution in [0.25, 0.3) is 6.08 Å². The minimum Gasteiger partial charge on any atom is -0.390 e. The summed E-state index contributed by atoms with van der Waals surface area (Å²) in [5.74, 6) is 0. The van der Waals surface area contributed by atoms with Crippen molar-refractivity contribution in [1.29, 1.82) is 0 Å². The maximum Gasteiger partial charge on any atom is 0.0962 e. The van der Waals surface area contributed by atoms with Crippen LogP contribution in [0.15, 0.2) is 30.3 Å². The van der Waals surface area contributed by atoms with E-state index < -0.39 is 0 Å². The van der Waals surface area contributed by atoms with Gasteiger partial charge in [0.1, 0.15) is 0 Å². The van der Waals surface area contributed by atoms with Gasteiger partial charge in [-0.2, -0.15) is 0 Å². The molecule has 0 aliphatic heterocycles. The van der Waals surface area contributed by atoms with Crippen LogP contribution in [0.5, 0.6) is 0 Å². The number of hydrogen-bond donors (Lipinski definition) is 1. The van der Waals surface area contributed by atoms with E-state index in [0.717, 1.165) is 10.6 Å². The lowest BCUT2D eigenvalue weighted by Crippen LogP contribution is -2.01. The minimum atomic E-state index is 0.380. The van der Waals surface area contributed by atoms with Crippen LogP contribution in [0.3, 0.4) is 0 Å². The highest BCUT2D eigenvalue weighted by molar-refractivity contribution is 7.80. The van der Waals surface area contributed by atoms with E-state index in [1.165, 1.54) is 0 Å². The van der Waals surface area contributed by atoms with E-state index in [1.54, 1.807) is 6.08 Å². The zero-order chi connectivity index (χ0) is 8.97. The third-order valence-corrected chi connectivity index (χ3v) is 1.70. The molecule has 1 aromatic carbocycles. The first-order valence-corrected chi connectivity index (χ1v) is 4.20. The summed E-state index contributed by atoms with van der Waals surface area (Å²) in [5, 5.41) is 0.725. The number of nitrogens with two attached hydrogens (primary N) is 1. The van der Waals surface area contributed by atoms with Crippen molar-refractivity contribution < 1.29 is 0 Å². The largest absolute Gasteiger partial charge is 0.390 e. The number of halogens is 1. The molecule has 0 aromatic heterocycles. The summed E-state index contributed by atoms with van der Waals surface area (Å²) >= 11 is 10.4. The first kappa shape index (κ1) is 9.23. The lowest BCUT2D eigenvalue weighted by atomic mass is 10.2. The van der Waals surface area contributed by atoms with Crippen LogP contribution in [-0.4, -0.2) is 4.99 Å². The van der Waals surface area contributed by atoms with Gasteiger partial charge in [0.15, 0.2) is 0 Å². The lowest BCUT2D eigenvalue weighted by Gasteiger charge is -1.92.